The average molecular weight is 378 g/mol. The van der Waals surface area contributed by atoms with Crippen molar-refractivity contribution in [2.75, 3.05) is 45.5 Å². The maximum Gasteiger partial charge on any atom is 0.241 e. The van der Waals surface area contributed by atoms with Gasteiger partial charge in [0, 0.05) is 39.3 Å². The third kappa shape index (κ3) is 4.72. The maximum atomic E-state index is 12.8. The number of hydrogen-bond acceptors (Lipinski definition) is 4. The molecule has 1 aromatic carbocycles. The minimum atomic E-state index is -3.32. The van der Waals surface area contributed by atoms with Gasteiger partial charge in [-0.05, 0) is 18.4 Å². The Labute approximate surface area is 156 Å². The summed E-state index contributed by atoms with van der Waals surface area (Å²) in [5, 5.41) is 0. The molecule has 2 heterocycles. The lowest BCUT2D eigenvalue weighted by Crippen LogP contribution is -2.54. The standard InChI is InChI=1S/C19H27N3O3S/c1-26(24,25)22-12-6-10-18(22)19(23)21-15-13-20(14-16-21)11-5-9-17-7-3-2-4-8-17/h2-5,7-9,18H,6,10-16H2,1H3/b9-5+. The van der Waals surface area contributed by atoms with E-state index < -0.39 is 16.1 Å². The Kier molecular flexibility index (Phi) is 6.11. The molecule has 2 aliphatic heterocycles. The molecular weight excluding hydrogens is 350 g/mol. The molecule has 0 aliphatic carbocycles. The van der Waals surface area contributed by atoms with Crippen LogP contribution in [0.1, 0.15) is 18.4 Å². The van der Waals surface area contributed by atoms with Crippen molar-refractivity contribution in [3.05, 3.63) is 42.0 Å². The van der Waals surface area contributed by atoms with Crippen molar-refractivity contribution in [2.24, 2.45) is 0 Å². The van der Waals surface area contributed by atoms with Crippen molar-refractivity contribution in [1.82, 2.24) is 14.1 Å². The van der Waals surface area contributed by atoms with E-state index >= 15 is 0 Å². The first-order chi connectivity index (χ1) is 12.4. The number of sulfonamides is 1. The lowest BCUT2D eigenvalue weighted by molar-refractivity contribution is -0.136. The quantitative estimate of drug-likeness (QED) is 0.775. The second-order valence-corrected chi connectivity index (χ2v) is 8.91. The highest BCUT2D eigenvalue weighted by molar-refractivity contribution is 7.88. The van der Waals surface area contributed by atoms with E-state index in [1.54, 1.807) is 0 Å². The van der Waals surface area contributed by atoms with Gasteiger partial charge in [-0.25, -0.2) is 8.42 Å². The number of carbonyl (C=O) groups excluding carboxylic acids is 1. The molecule has 7 heteroatoms. The molecule has 0 aromatic heterocycles. The molecule has 1 atom stereocenters. The Bertz CT molecular complexity index is 741. The molecule has 0 radical (unpaired) electrons. The third-order valence-corrected chi connectivity index (χ3v) is 6.36. The molecular formula is C19H27N3O3S. The van der Waals surface area contributed by atoms with Crippen LogP contribution in [0.3, 0.4) is 0 Å². The summed E-state index contributed by atoms with van der Waals surface area (Å²) in [6, 6.07) is 9.68. The first-order valence-electron chi connectivity index (χ1n) is 9.15. The molecule has 1 aromatic rings. The van der Waals surface area contributed by atoms with E-state index in [1.165, 1.54) is 16.1 Å². The van der Waals surface area contributed by atoms with Crippen LogP contribution in [0.2, 0.25) is 0 Å². The minimum absolute atomic E-state index is 0.0348. The van der Waals surface area contributed by atoms with Gasteiger partial charge in [-0.3, -0.25) is 9.69 Å². The van der Waals surface area contributed by atoms with Gasteiger partial charge in [0.2, 0.25) is 15.9 Å². The summed E-state index contributed by atoms with van der Waals surface area (Å²) in [5.41, 5.74) is 1.18. The number of piperazine rings is 1. The van der Waals surface area contributed by atoms with E-state index in [9.17, 15) is 13.2 Å². The highest BCUT2D eigenvalue weighted by Gasteiger charge is 2.39. The van der Waals surface area contributed by atoms with E-state index in [1.807, 2.05) is 23.1 Å². The fraction of sp³-hybridized carbons (Fsp3) is 0.526. The molecule has 26 heavy (non-hydrogen) atoms. The van der Waals surface area contributed by atoms with Gasteiger partial charge in [-0.2, -0.15) is 4.31 Å². The number of benzene rings is 1. The van der Waals surface area contributed by atoms with Crippen LogP contribution in [0.15, 0.2) is 36.4 Å². The fourth-order valence-corrected chi connectivity index (χ4v) is 4.77. The second-order valence-electron chi connectivity index (χ2n) is 6.97. The second kappa shape index (κ2) is 8.33. The van der Waals surface area contributed by atoms with Gasteiger partial charge in [0.15, 0.2) is 0 Å². The molecule has 6 nitrogen and oxygen atoms in total. The molecule has 2 fully saturated rings. The van der Waals surface area contributed by atoms with Gasteiger partial charge in [0.25, 0.3) is 0 Å². The molecule has 0 N–H and O–H groups in total. The summed E-state index contributed by atoms with van der Waals surface area (Å²) in [4.78, 5) is 16.9. The van der Waals surface area contributed by atoms with Crippen LogP contribution >= 0.6 is 0 Å². The molecule has 0 saturated carbocycles. The normalized spacial score (nSPS) is 23.0. The molecule has 1 amide bonds. The molecule has 1 unspecified atom stereocenters. The smallest absolute Gasteiger partial charge is 0.241 e. The first-order valence-corrected chi connectivity index (χ1v) is 11.0. The Morgan fingerprint density at radius 1 is 1.12 bits per heavy atom. The van der Waals surface area contributed by atoms with Crippen molar-refractivity contribution in [3.63, 3.8) is 0 Å². The Morgan fingerprint density at radius 3 is 2.46 bits per heavy atom. The van der Waals surface area contributed by atoms with Crippen LogP contribution in [-0.2, 0) is 14.8 Å². The number of amides is 1. The van der Waals surface area contributed by atoms with Crippen molar-refractivity contribution < 1.29 is 13.2 Å². The highest BCUT2D eigenvalue weighted by atomic mass is 32.2. The first kappa shape index (κ1) is 19.1. The predicted molar refractivity (Wildman–Crippen MR) is 103 cm³/mol. The molecule has 2 aliphatic rings. The summed E-state index contributed by atoms with van der Waals surface area (Å²) in [5.74, 6) is -0.0348. The van der Waals surface area contributed by atoms with E-state index in [2.05, 4.69) is 29.2 Å². The summed E-state index contributed by atoms with van der Waals surface area (Å²) < 4.78 is 25.1. The molecule has 142 valence electrons. The topological polar surface area (TPSA) is 60.9 Å². The summed E-state index contributed by atoms with van der Waals surface area (Å²) in [7, 11) is -3.32. The van der Waals surface area contributed by atoms with Gasteiger partial charge in [0.05, 0.1) is 6.26 Å². The van der Waals surface area contributed by atoms with Crippen molar-refractivity contribution in [2.45, 2.75) is 18.9 Å². The highest BCUT2D eigenvalue weighted by Crippen LogP contribution is 2.22. The number of carbonyl (C=O) groups is 1. The van der Waals surface area contributed by atoms with Crippen molar-refractivity contribution in [3.8, 4) is 0 Å². The van der Waals surface area contributed by atoms with E-state index in [-0.39, 0.29) is 5.91 Å². The van der Waals surface area contributed by atoms with Gasteiger partial charge < -0.3 is 4.90 Å². The van der Waals surface area contributed by atoms with Crippen LogP contribution in [0.5, 0.6) is 0 Å². The van der Waals surface area contributed by atoms with Gasteiger partial charge in [-0.15, -0.1) is 0 Å². The SMILES string of the molecule is CS(=O)(=O)N1CCCC1C(=O)N1CCN(C/C=C/c2ccccc2)CC1. The van der Waals surface area contributed by atoms with Crippen LogP contribution < -0.4 is 0 Å². The summed E-state index contributed by atoms with van der Waals surface area (Å²) >= 11 is 0. The van der Waals surface area contributed by atoms with E-state index in [0.717, 1.165) is 26.1 Å². The average Bonchev–Trinajstić information content (AvgIpc) is 3.13. The lowest BCUT2D eigenvalue weighted by Gasteiger charge is -2.36. The lowest BCUT2D eigenvalue weighted by atomic mass is 10.2. The minimum Gasteiger partial charge on any atom is -0.339 e. The van der Waals surface area contributed by atoms with E-state index in [0.29, 0.717) is 26.1 Å². The molecule has 3 rings (SSSR count). The third-order valence-electron chi connectivity index (χ3n) is 5.07. The van der Waals surface area contributed by atoms with Gasteiger partial charge >= 0.3 is 0 Å². The molecule has 0 bridgehead atoms. The maximum absolute atomic E-state index is 12.8. The Morgan fingerprint density at radius 2 is 1.81 bits per heavy atom. The number of rotatable bonds is 5. The van der Waals surface area contributed by atoms with Crippen LogP contribution in [0, 0.1) is 0 Å². The predicted octanol–water partition coefficient (Wildman–Crippen LogP) is 1.27. The zero-order valence-corrected chi connectivity index (χ0v) is 16.1. The summed E-state index contributed by atoms with van der Waals surface area (Å²) in [6.07, 6.45) is 6.84. The van der Waals surface area contributed by atoms with E-state index in [4.69, 9.17) is 0 Å². The van der Waals surface area contributed by atoms with Crippen molar-refractivity contribution >= 4 is 22.0 Å². The van der Waals surface area contributed by atoms with Crippen molar-refractivity contribution in [1.29, 1.82) is 0 Å². The van der Waals surface area contributed by atoms with Gasteiger partial charge in [-0.1, -0.05) is 42.5 Å². The molecule has 2 saturated heterocycles. The molecule has 0 spiro atoms. The Hall–Kier alpha value is -1.70. The summed E-state index contributed by atoms with van der Waals surface area (Å²) in [6.45, 7) is 4.26. The van der Waals surface area contributed by atoms with Gasteiger partial charge in [0.1, 0.15) is 6.04 Å². The fourth-order valence-electron chi connectivity index (χ4n) is 3.65. The zero-order chi connectivity index (χ0) is 18.6. The van der Waals surface area contributed by atoms with Crippen LogP contribution in [-0.4, -0.2) is 80.0 Å². The van der Waals surface area contributed by atoms with Crippen LogP contribution in [0.25, 0.3) is 6.08 Å². The number of hydrogen-bond donors (Lipinski definition) is 0. The monoisotopic (exact) mass is 377 g/mol. The largest absolute Gasteiger partial charge is 0.339 e. The number of nitrogens with zero attached hydrogens (tertiary/aromatic N) is 3. The zero-order valence-electron chi connectivity index (χ0n) is 15.3. The Balaban J connectivity index is 1.49. The van der Waals surface area contributed by atoms with Crippen LogP contribution in [0.4, 0.5) is 0 Å².